The summed E-state index contributed by atoms with van der Waals surface area (Å²) in [7, 11) is 3.15. The van der Waals surface area contributed by atoms with Gasteiger partial charge in [0.2, 0.25) is 0 Å². The van der Waals surface area contributed by atoms with Gasteiger partial charge in [-0.25, -0.2) is 14.2 Å². The molecule has 5 heteroatoms. The van der Waals surface area contributed by atoms with Crippen LogP contribution in [0.15, 0.2) is 54.5 Å². The smallest absolute Gasteiger partial charge is 0.356 e. The number of carbonyl (C=O) groups is 1. The number of pyridine rings is 1. The second-order valence-corrected chi connectivity index (χ2v) is 4.96. The molecule has 0 fully saturated rings. The third-order valence-corrected chi connectivity index (χ3v) is 3.34. The first-order chi connectivity index (χ1) is 11.1. The molecule has 0 atom stereocenters. The van der Waals surface area contributed by atoms with E-state index < -0.39 is 5.97 Å². The Morgan fingerprint density at radius 1 is 1.35 bits per heavy atom. The van der Waals surface area contributed by atoms with Crippen LogP contribution in [0.2, 0.25) is 0 Å². The topological polar surface area (TPSA) is 42.4 Å². The third-order valence-electron chi connectivity index (χ3n) is 3.34. The minimum Gasteiger partial charge on any atom is -0.464 e. The molecule has 0 bridgehead atoms. The van der Waals surface area contributed by atoms with Gasteiger partial charge in [-0.1, -0.05) is 13.0 Å². The summed E-state index contributed by atoms with van der Waals surface area (Å²) < 4.78 is 18.1. The number of allylic oxidation sites excluding steroid dienone is 3. The average Bonchev–Trinajstić information content (AvgIpc) is 2.58. The SMILES string of the molecule is CC/C=C(F)/C=C\N(C)c1cccc2nc(C(=O)OC)ccc12. The van der Waals surface area contributed by atoms with Gasteiger partial charge in [0.15, 0.2) is 0 Å². The molecule has 2 aromatic rings. The monoisotopic (exact) mass is 314 g/mol. The summed E-state index contributed by atoms with van der Waals surface area (Å²) >= 11 is 0. The van der Waals surface area contributed by atoms with Gasteiger partial charge in [0, 0.05) is 24.3 Å². The summed E-state index contributed by atoms with van der Waals surface area (Å²) in [6.45, 7) is 1.88. The lowest BCUT2D eigenvalue weighted by Gasteiger charge is -2.16. The van der Waals surface area contributed by atoms with E-state index in [9.17, 15) is 9.18 Å². The number of hydrogen-bond acceptors (Lipinski definition) is 4. The normalized spacial score (nSPS) is 11.9. The highest BCUT2D eigenvalue weighted by Crippen LogP contribution is 2.25. The van der Waals surface area contributed by atoms with Gasteiger partial charge < -0.3 is 9.64 Å². The largest absolute Gasteiger partial charge is 0.464 e. The van der Waals surface area contributed by atoms with E-state index in [-0.39, 0.29) is 11.5 Å². The maximum Gasteiger partial charge on any atom is 0.356 e. The van der Waals surface area contributed by atoms with E-state index in [0.29, 0.717) is 11.9 Å². The van der Waals surface area contributed by atoms with E-state index in [1.165, 1.54) is 19.3 Å². The average molecular weight is 314 g/mol. The molecular weight excluding hydrogens is 295 g/mol. The Hall–Kier alpha value is -2.69. The van der Waals surface area contributed by atoms with Crippen LogP contribution >= 0.6 is 0 Å². The van der Waals surface area contributed by atoms with Gasteiger partial charge in [-0.05, 0) is 42.8 Å². The molecule has 0 aliphatic rings. The second-order valence-electron chi connectivity index (χ2n) is 4.96. The molecule has 0 amide bonds. The minimum atomic E-state index is -0.475. The number of ether oxygens (including phenoxy) is 1. The van der Waals surface area contributed by atoms with E-state index in [4.69, 9.17) is 0 Å². The molecule has 0 unspecified atom stereocenters. The molecule has 0 aliphatic carbocycles. The van der Waals surface area contributed by atoms with Crippen LogP contribution in [0.5, 0.6) is 0 Å². The molecule has 120 valence electrons. The van der Waals surface area contributed by atoms with Crippen LogP contribution in [0.4, 0.5) is 10.1 Å². The van der Waals surface area contributed by atoms with E-state index >= 15 is 0 Å². The van der Waals surface area contributed by atoms with Crippen molar-refractivity contribution >= 4 is 22.6 Å². The fourth-order valence-corrected chi connectivity index (χ4v) is 2.19. The summed E-state index contributed by atoms with van der Waals surface area (Å²) in [5.74, 6) is -0.747. The van der Waals surface area contributed by atoms with Gasteiger partial charge in [0.05, 0.1) is 12.6 Å². The molecule has 0 aliphatic heterocycles. The van der Waals surface area contributed by atoms with Gasteiger partial charge in [-0.2, -0.15) is 0 Å². The lowest BCUT2D eigenvalue weighted by Crippen LogP contribution is -2.09. The lowest BCUT2D eigenvalue weighted by atomic mass is 10.1. The maximum atomic E-state index is 13.5. The summed E-state index contributed by atoms with van der Waals surface area (Å²) in [6, 6.07) is 9.00. The molecule has 0 saturated heterocycles. The zero-order valence-corrected chi connectivity index (χ0v) is 13.4. The standard InChI is InChI=1S/C18H19FN2O2/c1-4-6-13(19)11-12-21(2)17-8-5-7-15-14(17)9-10-16(20-15)18(22)23-3/h5-12H,4H2,1-3H3/b12-11-,13-6-. The summed E-state index contributed by atoms with van der Waals surface area (Å²) in [5, 5.41) is 0.868. The first kappa shape index (κ1) is 16.7. The predicted octanol–water partition coefficient (Wildman–Crippen LogP) is 4.23. The number of fused-ring (bicyclic) bond motifs is 1. The minimum absolute atomic E-state index is 0.257. The van der Waals surface area contributed by atoms with Crippen molar-refractivity contribution in [2.24, 2.45) is 0 Å². The Bertz CT molecular complexity index is 769. The number of nitrogens with zero attached hydrogens (tertiary/aromatic N) is 2. The van der Waals surface area contributed by atoms with E-state index in [2.05, 4.69) is 9.72 Å². The fourth-order valence-electron chi connectivity index (χ4n) is 2.19. The molecule has 2 rings (SSSR count). The molecule has 0 saturated carbocycles. The van der Waals surface area contributed by atoms with Crippen molar-refractivity contribution in [2.75, 3.05) is 19.1 Å². The predicted molar refractivity (Wildman–Crippen MR) is 90.1 cm³/mol. The van der Waals surface area contributed by atoms with Crippen molar-refractivity contribution in [3.8, 4) is 0 Å². The van der Waals surface area contributed by atoms with Crippen molar-refractivity contribution in [3.05, 3.63) is 60.2 Å². The summed E-state index contributed by atoms with van der Waals surface area (Å²) in [5.41, 5.74) is 1.80. The molecule has 0 spiro atoms. The van der Waals surface area contributed by atoms with Gasteiger partial charge >= 0.3 is 5.97 Å². The van der Waals surface area contributed by atoms with Crippen molar-refractivity contribution in [1.29, 1.82) is 0 Å². The number of hydrogen-bond donors (Lipinski definition) is 0. The third kappa shape index (κ3) is 3.94. The highest BCUT2D eigenvalue weighted by Gasteiger charge is 2.10. The van der Waals surface area contributed by atoms with Crippen LogP contribution < -0.4 is 4.90 Å². The molecule has 1 heterocycles. The zero-order valence-electron chi connectivity index (χ0n) is 13.4. The molecule has 0 radical (unpaired) electrons. The Labute approximate surface area is 134 Å². The fraction of sp³-hybridized carbons (Fsp3) is 0.222. The first-order valence-electron chi connectivity index (χ1n) is 7.31. The Morgan fingerprint density at radius 2 is 2.13 bits per heavy atom. The number of esters is 1. The number of methoxy groups -OCH3 is 1. The van der Waals surface area contributed by atoms with Crippen LogP contribution in [-0.4, -0.2) is 25.1 Å². The van der Waals surface area contributed by atoms with Gasteiger partial charge in [0.1, 0.15) is 11.5 Å². The van der Waals surface area contributed by atoms with Crippen LogP contribution in [-0.2, 0) is 4.74 Å². The van der Waals surface area contributed by atoms with Crippen molar-refractivity contribution in [3.63, 3.8) is 0 Å². The molecule has 4 nitrogen and oxygen atoms in total. The van der Waals surface area contributed by atoms with E-state index in [1.807, 2.05) is 43.1 Å². The summed E-state index contributed by atoms with van der Waals surface area (Å²) in [6.07, 6.45) is 5.23. The second kappa shape index (κ2) is 7.54. The number of benzene rings is 1. The van der Waals surface area contributed by atoms with Crippen molar-refractivity contribution in [2.45, 2.75) is 13.3 Å². The zero-order chi connectivity index (χ0) is 16.8. The molecular formula is C18H19FN2O2. The number of anilines is 1. The number of halogens is 1. The van der Waals surface area contributed by atoms with Crippen LogP contribution in [0.3, 0.4) is 0 Å². The molecule has 1 aromatic heterocycles. The van der Waals surface area contributed by atoms with Crippen molar-refractivity contribution in [1.82, 2.24) is 4.98 Å². The highest BCUT2D eigenvalue weighted by molar-refractivity contribution is 5.96. The lowest BCUT2D eigenvalue weighted by molar-refractivity contribution is 0.0594. The number of rotatable bonds is 5. The van der Waals surface area contributed by atoms with E-state index in [1.54, 1.807) is 12.3 Å². The van der Waals surface area contributed by atoms with Crippen LogP contribution in [0, 0.1) is 0 Å². The Balaban J connectivity index is 2.38. The molecule has 1 aromatic carbocycles. The van der Waals surface area contributed by atoms with Gasteiger partial charge in [-0.15, -0.1) is 0 Å². The Morgan fingerprint density at radius 3 is 2.83 bits per heavy atom. The molecule has 23 heavy (non-hydrogen) atoms. The van der Waals surface area contributed by atoms with Crippen molar-refractivity contribution < 1.29 is 13.9 Å². The van der Waals surface area contributed by atoms with Crippen LogP contribution in [0.25, 0.3) is 10.9 Å². The first-order valence-corrected chi connectivity index (χ1v) is 7.31. The number of carbonyl (C=O) groups excluding carboxylic acids is 1. The number of aromatic nitrogens is 1. The summed E-state index contributed by atoms with van der Waals surface area (Å²) in [4.78, 5) is 17.7. The van der Waals surface area contributed by atoms with Gasteiger partial charge in [0.25, 0.3) is 0 Å². The maximum absolute atomic E-state index is 13.5. The Kier molecular flexibility index (Phi) is 5.46. The van der Waals surface area contributed by atoms with Gasteiger partial charge in [-0.3, -0.25) is 0 Å². The quantitative estimate of drug-likeness (QED) is 0.611. The highest BCUT2D eigenvalue weighted by atomic mass is 19.1. The van der Waals surface area contributed by atoms with Crippen LogP contribution in [0.1, 0.15) is 23.8 Å². The molecule has 0 N–H and O–H groups in total. The van der Waals surface area contributed by atoms with E-state index in [0.717, 1.165) is 11.1 Å².